The van der Waals surface area contributed by atoms with E-state index in [1.54, 1.807) is 6.92 Å². The molecule has 1 aromatic rings. The van der Waals surface area contributed by atoms with E-state index in [0.717, 1.165) is 0 Å². The molecule has 0 heterocycles. The maximum atomic E-state index is 13.4. The largest absolute Gasteiger partial charge is 0.293 e. The van der Waals surface area contributed by atoms with Gasteiger partial charge >= 0.3 is 0 Å². The lowest BCUT2D eigenvalue weighted by molar-refractivity contribution is 0.0942. The van der Waals surface area contributed by atoms with Crippen LogP contribution in [0.5, 0.6) is 0 Å². The lowest BCUT2D eigenvalue weighted by atomic mass is 9.96. The van der Waals surface area contributed by atoms with Gasteiger partial charge in [0.2, 0.25) is 0 Å². The summed E-state index contributed by atoms with van der Waals surface area (Å²) in [5, 5.41) is 8.59. The van der Waals surface area contributed by atoms with Gasteiger partial charge in [-0.1, -0.05) is 24.6 Å². The van der Waals surface area contributed by atoms with Gasteiger partial charge in [0.1, 0.15) is 5.92 Å². The Labute approximate surface area is 92.3 Å². The van der Waals surface area contributed by atoms with E-state index < -0.39 is 17.5 Å². The number of Topliss-reactive ketones (excluding diaryl/α,β-unsaturated/α-hetero) is 1. The van der Waals surface area contributed by atoms with Crippen molar-refractivity contribution < 1.29 is 9.18 Å². The number of carbonyl (C=O) groups excluding carboxylic acids is 1. The van der Waals surface area contributed by atoms with Gasteiger partial charge in [-0.25, -0.2) is 4.39 Å². The Bertz CT molecular complexity index is 425. The topological polar surface area (TPSA) is 40.9 Å². The molecule has 4 heteroatoms. The fourth-order valence-electron chi connectivity index (χ4n) is 1.22. The first-order chi connectivity index (χ1) is 7.11. The van der Waals surface area contributed by atoms with Crippen LogP contribution in [0.1, 0.15) is 23.7 Å². The van der Waals surface area contributed by atoms with E-state index in [1.165, 1.54) is 18.2 Å². The van der Waals surface area contributed by atoms with Gasteiger partial charge in [-0.3, -0.25) is 4.79 Å². The van der Waals surface area contributed by atoms with Crippen LogP contribution in [0, 0.1) is 23.1 Å². The summed E-state index contributed by atoms with van der Waals surface area (Å²) in [6.45, 7) is 1.70. The summed E-state index contributed by atoms with van der Waals surface area (Å²) in [5.41, 5.74) is -0.115. The Kier molecular flexibility index (Phi) is 3.81. The average Bonchev–Trinajstić information content (AvgIpc) is 2.23. The first kappa shape index (κ1) is 11.7. The van der Waals surface area contributed by atoms with E-state index in [4.69, 9.17) is 16.9 Å². The summed E-state index contributed by atoms with van der Waals surface area (Å²) in [4.78, 5) is 11.7. The molecule has 0 aliphatic carbocycles. The predicted molar refractivity (Wildman–Crippen MR) is 55.1 cm³/mol. The van der Waals surface area contributed by atoms with Crippen molar-refractivity contribution in [2.45, 2.75) is 13.3 Å². The van der Waals surface area contributed by atoms with Gasteiger partial charge in [-0.2, -0.15) is 5.26 Å². The van der Waals surface area contributed by atoms with Crippen LogP contribution in [0.25, 0.3) is 0 Å². The molecule has 2 nitrogen and oxygen atoms in total. The van der Waals surface area contributed by atoms with E-state index in [2.05, 4.69) is 0 Å². The van der Waals surface area contributed by atoms with Crippen LogP contribution < -0.4 is 0 Å². The summed E-state index contributed by atoms with van der Waals surface area (Å²) < 4.78 is 13.4. The van der Waals surface area contributed by atoms with Gasteiger partial charge in [0.25, 0.3) is 0 Å². The molecule has 1 aromatic carbocycles. The van der Waals surface area contributed by atoms with Gasteiger partial charge in [0.15, 0.2) is 11.6 Å². The normalized spacial score (nSPS) is 11.9. The molecule has 0 aliphatic heterocycles. The summed E-state index contributed by atoms with van der Waals surface area (Å²) in [6, 6.07) is 6.03. The highest BCUT2D eigenvalue weighted by Gasteiger charge is 2.21. The van der Waals surface area contributed by atoms with Gasteiger partial charge in [-0.05, 0) is 18.6 Å². The van der Waals surface area contributed by atoms with Crippen molar-refractivity contribution in [3.8, 4) is 6.07 Å². The molecule has 0 saturated heterocycles. The molecule has 0 radical (unpaired) electrons. The highest BCUT2D eigenvalue weighted by atomic mass is 35.5. The zero-order valence-electron chi connectivity index (χ0n) is 8.13. The van der Waals surface area contributed by atoms with Gasteiger partial charge in [0, 0.05) is 0 Å². The third-order valence-corrected chi connectivity index (χ3v) is 2.39. The summed E-state index contributed by atoms with van der Waals surface area (Å²) in [5.74, 6) is -2.07. The van der Waals surface area contributed by atoms with Gasteiger partial charge < -0.3 is 0 Å². The molecule has 1 atom stereocenters. The molecule has 0 saturated carbocycles. The van der Waals surface area contributed by atoms with E-state index in [-0.39, 0.29) is 10.6 Å². The number of carbonyl (C=O) groups is 1. The molecule has 15 heavy (non-hydrogen) atoms. The monoisotopic (exact) mass is 225 g/mol. The average molecular weight is 226 g/mol. The minimum atomic E-state index is -0.807. The molecular weight excluding hydrogens is 217 g/mol. The van der Waals surface area contributed by atoms with Crippen molar-refractivity contribution in [1.29, 1.82) is 5.26 Å². The number of nitrogens with zero attached hydrogens (tertiary/aromatic N) is 1. The molecule has 0 spiro atoms. The summed E-state index contributed by atoms with van der Waals surface area (Å²) in [7, 11) is 0. The number of nitriles is 1. The highest BCUT2D eigenvalue weighted by Crippen LogP contribution is 2.21. The third kappa shape index (κ3) is 2.34. The Morgan fingerprint density at radius 3 is 2.87 bits per heavy atom. The molecule has 0 N–H and O–H groups in total. The zero-order valence-corrected chi connectivity index (χ0v) is 8.88. The summed E-state index contributed by atoms with van der Waals surface area (Å²) in [6.07, 6.45) is 0.362. The molecule has 0 aliphatic rings. The maximum absolute atomic E-state index is 13.4. The molecule has 0 amide bonds. The van der Waals surface area contributed by atoms with Crippen LogP contribution in [0.15, 0.2) is 18.2 Å². The smallest absolute Gasteiger partial charge is 0.182 e. The fraction of sp³-hybridized carbons (Fsp3) is 0.273. The first-order valence-corrected chi connectivity index (χ1v) is 4.87. The number of halogens is 2. The van der Waals surface area contributed by atoms with E-state index in [9.17, 15) is 9.18 Å². The van der Waals surface area contributed by atoms with E-state index >= 15 is 0 Å². The van der Waals surface area contributed by atoms with Crippen LogP contribution in [-0.2, 0) is 0 Å². The molecule has 0 fully saturated rings. The van der Waals surface area contributed by atoms with E-state index in [0.29, 0.717) is 6.42 Å². The molecule has 0 aromatic heterocycles. The lowest BCUT2D eigenvalue weighted by Gasteiger charge is -2.06. The highest BCUT2D eigenvalue weighted by molar-refractivity contribution is 6.31. The minimum Gasteiger partial charge on any atom is -0.293 e. The van der Waals surface area contributed by atoms with Crippen LogP contribution in [-0.4, -0.2) is 5.78 Å². The van der Waals surface area contributed by atoms with Crippen LogP contribution in [0.2, 0.25) is 5.02 Å². The van der Waals surface area contributed by atoms with Crippen molar-refractivity contribution in [3.63, 3.8) is 0 Å². The maximum Gasteiger partial charge on any atom is 0.182 e. The van der Waals surface area contributed by atoms with Crippen molar-refractivity contribution in [3.05, 3.63) is 34.6 Å². The Balaban J connectivity index is 3.13. The SMILES string of the molecule is CCC(C#N)C(=O)c1cccc(Cl)c1F. The molecule has 1 rings (SSSR count). The number of hydrogen-bond donors (Lipinski definition) is 0. The lowest BCUT2D eigenvalue weighted by Crippen LogP contribution is -2.13. The molecule has 0 bridgehead atoms. The van der Waals surface area contributed by atoms with Crippen LogP contribution in [0.3, 0.4) is 0 Å². The number of ketones is 1. The second-order valence-electron chi connectivity index (χ2n) is 3.06. The minimum absolute atomic E-state index is 0.103. The fourth-order valence-corrected chi connectivity index (χ4v) is 1.39. The van der Waals surface area contributed by atoms with Crippen LogP contribution in [0.4, 0.5) is 4.39 Å². The number of rotatable bonds is 3. The standard InChI is InChI=1S/C11H9ClFNO/c1-2-7(6-14)11(15)8-4-3-5-9(12)10(8)13/h3-5,7H,2H2,1H3. The Morgan fingerprint density at radius 1 is 1.67 bits per heavy atom. The van der Waals surface area contributed by atoms with Gasteiger partial charge in [0.05, 0.1) is 16.7 Å². The number of hydrogen-bond acceptors (Lipinski definition) is 2. The van der Waals surface area contributed by atoms with Gasteiger partial charge in [-0.15, -0.1) is 0 Å². The quantitative estimate of drug-likeness (QED) is 0.741. The number of benzene rings is 1. The molecular formula is C11H9ClFNO. The Morgan fingerprint density at radius 2 is 2.33 bits per heavy atom. The van der Waals surface area contributed by atoms with Crippen LogP contribution >= 0.6 is 11.6 Å². The Hall–Kier alpha value is -1.40. The second kappa shape index (κ2) is 4.90. The van der Waals surface area contributed by atoms with Crippen molar-refractivity contribution >= 4 is 17.4 Å². The summed E-state index contributed by atoms with van der Waals surface area (Å²) >= 11 is 5.54. The molecule has 78 valence electrons. The van der Waals surface area contributed by atoms with Crippen molar-refractivity contribution in [1.82, 2.24) is 0 Å². The molecule has 1 unspecified atom stereocenters. The van der Waals surface area contributed by atoms with E-state index in [1.807, 2.05) is 6.07 Å². The zero-order chi connectivity index (χ0) is 11.4. The third-order valence-electron chi connectivity index (χ3n) is 2.10. The van der Waals surface area contributed by atoms with Crippen molar-refractivity contribution in [2.24, 2.45) is 5.92 Å². The van der Waals surface area contributed by atoms with Crippen molar-refractivity contribution in [2.75, 3.05) is 0 Å². The second-order valence-corrected chi connectivity index (χ2v) is 3.46. The predicted octanol–water partition coefficient (Wildman–Crippen LogP) is 3.21. The first-order valence-electron chi connectivity index (χ1n) is 4.49.